The van der Waals surface area contributed by atoms with Crippen LogP contribution in [0.15, 0.2) is 0 Å². The van der Waals surface area contributed by atoms with Gasteiger partial charge in [-0.25, -0.2) is 4.98 Å². The van der Waals surface area contributed by atoms with Crippen molar-refractivity contribution in [2.24, 2.45) is 0 Å². The fraction of sp³-hybridized carbons (Fsp3) is 0.800. The minimum Gasteiger partial charge on any atom is -0.312 e. The Morgan fingerprint density at radius 3 is 2.61 bits per heavy atom. The third-order valence-corrected chi connectivity index (χ3v) is 4.82. The van der Waals surface area contributed by atoms with Gasteiger partial charge in [-0.1, -0.05) is 34.1 Å². The number of rotatable bonds is 6. The summed E-state index contributed by atoms with van der Waals surface area (Å²) < 4.78 is 0. The molecule has 0 amide bonds. The first-order valence-corrected chi connectivity index (χ1v) is 8.04. The summed E-state index contributed by atoms with van der Waals surface area (Å²) in [6, 6.07) is 0. The molecule has 0 spiro atoms. The first kappa shape index (κ1) is 14.0. The average Bonchev–Trinajstić information content (AvgIpc) is 3.04. The lowest BCUT2D eigenvalue weighted by Crippen LogP contribution is -2.14. The molecule has 2 nitrogen and oxygen atoms in total. The van der Waals surface area contributed by atoms with Gasteiger partial charge in [0.15, 0.2) is 0 Å². The third kappa shape index (κ3) is 3.55. The first-order valence-electron chi connectivity index (χ1n) is 7.23. The zero-order valence-corrected chi connectivity index (χ0v) is 13.0. The molecule has 1 aromatic rings. The molecule has 1 aliphatic carbocycles. The number of unbranched alkanes of at least 4 members (excludes halogenated alkanes) is 1. The Morgan fingerprint density at radius 2 is 2.06 bits per heavy atom. The maximum Gasteiger partial charge on any atom is 0.0985 e. The van der Waals surface area contributed by atoms with Crippen molar-refractivity contribution in [1.82, 2.24) is 10.3 Å². The van der Waals surface area contributed by atoms with Gasteiger partial charge in [-0.2, -0.15) is 0 Å². The highest BCUT2D eigenvalue weighted by molar-refractivity contribution is 7.11. The summed E-state index contributed by atoms with van der Waals surface area (Å²) >= 11 is 1.92. The molecular weight excluding hydrogens is 240 g/mol. The second-order valence-corrected chi connectivity index (χ2v) is 7.47. The highest BCUT2D eigenvalue weighted by atomic mass is 32.1. The van der Waals surface area contributed by atoms with Gasteiger partial charge in [0.25, 0.3) is 0 Å². The minimum atomic E-state index is 0.190. The number of thiazole rings is 1. The van der Waals surface area contributed by atoms with Crippen LogP contribution in [0.3, 0.4) is 0 Å². The smallest absolute Gasteiger partial charge is 0.0985 e. The summed E-state index contributed by atoms with van der Waals surface area (Å²) in [5.41, 5.74) is 1.59. The lowest BCUT2D eigenvalue weighted by molar-refractivity contribution is 0.582. The van der Waals surface area contributed by atoms with Gasteiger partial charge >= 0.3 is 0 Å². The molecule has 0 saturated heterocycles. The van der Waals surface area contributed by atoms with Crippen molar-refractivity contribution in [3.63, 3.8) is 0 Å². The summed E-state index contributed by atoms with van der Waals surface area (Å²) in [5, 5.41) is 4.86. The molecule has 1 fully saturated rings. The molecule has 0 bridgehead atoms. The Labute approximate surface area is 115 Å². The summed E-state index contributed by atoms with van der Waals surface area (Å²) in [6.45, 7) is 11.2. The van der Waals surface area contributed by atoms with E-state index < -0.39 is 0 Å². The van der Waals surface area contributed by atoms with Crippen LogP contribution in [0.4, 0.5) is 0 Å². The Balaban J connectivity index is 2.05. The summed E-state index contributed by atoms with van der Waals surface area (Å²) in [6.07, 6.45) is 5.21. The van der Waals surface area contributed by atoms with E-state index in [-0.39, 0.29) is 5.41 Å². The third-order valence-electron chi connectivity index (χ3n) is 3.33. The minimum absolute atomic E-state index is 0.190. The molecule has 1 saturated carbocycles. The Kier molecular flexibility index (Phi) is 4.44. The van der Waals surface area contributed by atoms with E-state index in [1.807, 2.05) is 11.3 Å². The van der Waals surface area contributed by atoms with Gasteiger partial charge < -0.3 is 5.32 Å². The van der Waals surface area contributed by atoms with E-state index >= 15 is 0 Å². The Morgan fingerprint density at radius 1 is 1.33 bits per heavy atom. The Bertz CT molecular complexity index is 386. The lowest BCUT2D eigenvalue weighted by atomic mass is 9.98. The van der Waals surface area contributed by atoms with E-state index in [4.69, 9.17) is 4.98 Å². The molecule has 0 atom stereocenters. The van der Waals surface area contributed by atoms with E-state index in [1.54, 1.807) is 0 Å². The zero-order valence-electron chi connectivity index (χ0n) is 12.2. The van der Waals surface area contributed by atoms with Crippen LogP contribution in [0, 0.1) is 0 Å². The first-order chi connectivity index (χ1) is 8.52. The quantitative estimate of drug-likeness (QED) is 0.780. The largest absolute Gasteiger partial charge is 0.312 e. The molecule has 0 aliphatic heterocycles. The fourth-order valence-electron chi connectivity index (χ4n) is 1.99. The van der Waals surface area contributed by atoms with E-state index in [9.17, 15) is 0 Å². The molecular formula is C15H26N2S. The predicted molar refractivity (Wildman–Crippen MR) is 79.4 cm³/mol. The molecule has 1 N–H and O–H groups in total. The van der Waals surface area contributed by atoms with Crippen molar-refractivity contribution in [2.45, 2.75) is 71.3 Å². The van der Waals surface area contributed by atoms with Crippen LogP contribution in [0.25, 0.3) is 0 Å². The van der Waals surface area contributed by atoms with Gasteiger partial charge in [0.2, 0.25) is 0 Å². The predicted octanol–water partition coefficient (Wildman–Crippen LogP) is 4.21. The lowest BCUT2D eigenvalue weighted by Gasteiger charge is -2.13. The molecule has 102 valence electrons. The van der Waals surface area contributed by atoms with Crippen molar-refractivity contribution in [1.29, 1.82) is 0 Å². The monoisotopic (exact) mass is 266 g/mol. The van der Waals surface area contributed by atoms with E-state index in [0.29, 0.717) is 0 Å². The number of hydrogen-bond donors (Lipinski definition) is 1. The second-order valence-electron chi connectivity index (χ2n) is 6.38. The standard InChI is InChI=1S/C15H26N2S/c1-5-6-9-16-10-12-13(11-7-8-11)17-14(18-12)15(2,3)4/h11,16H,5-10H2,1-4H3. The number of nitrogens with one attached hydrogen (secondary N) is 1. The summed E-state index contributed by atoms with van der Waals surface area (Å²) in [5.74, 6) is 0.764. The Hall–Kier alpha value is -0.410. The maximum absolute atomic E-state index is 4.92. The van der Waals surface area contributed by atoms with Crippen LogP contribution in [-0.2, 0) is 12.0 Å². The summed E-state index contributed by atoms with van der Waals surface area (Å²) in [7, 11) is 0. The topological polar surface area (TPSA) is 24.9 Å². The van der Waals surface area contributed by atoms with Gasteiger partial charge in [0, 0.05) is 22.8 Å². The van der Waals surface area contributed by atoms with Gasteiger partial charge in [-0.05, 0) is 25.8 Å². The van der Waals surface area contributed by atoms with E-state index in [2.05, 4.69) is 33.0 Å². The molecule has 0 radical (unpaired) electrons. The van der Waals surface area contributed by atoms with Crippen LogP contribution in [-0.4, -0.2) is 11.5 Å². The van der Waals surface area contributed by atoms with Gasteiger partial charge in [0.1, 0.15) is 0 Å². The van der Waals surface area contributed by atoms with Crippen LogP contribution >= 0.6 is 11.3 Å². The van der Waals surface area contributed by atoms with E-state index in [0.717, 1.165) is 19.0 Å². The van der Waals surface area contributed by atoms with Crippen molar-refractivity contribution in [2.75, 3.05) is 6.54 Å². The number of nitrogens with zero attached hydrogens (tertiary/aromatic N) is 1. The molecule has 2 rings (SSSR count). The highest BCUT2D eigenvalue weighted by Gasteiger charge is 2.31. The van der Waals surface area contributed by atoms with Crippen LogP contribution in [0.2, 0.25) is 0 Å². The van der Waals surface area contributed by atoms with Crippen LogP contribution < -0.4 is 5.32 Å². The van der Waals surface area contributed by atoms with Crippen molar-refractivity contribution < 1.29 is 0 Å². The SMILES string of the molecule is CCCCNCc1sc(C(C)(C)C)nc1C1CC1. The van der Waals surface area contributed by atoms with Crippen molar-refractivity contribution in [3.05, 3.63) is 15.6 Å². The number of hydrogen-bond acceptors (Lipinski definition) is 3. The normalized spacial score (nSPS) is 16.2. The van der Waals surface area contributed by atoms with E-state index in [1.165, 1.54) is 41.3 Å². The van der Waals surface area contributed by atoms with Crippen LogP contribution in [0.1, 0.15) is 74.9 Å². The maximum atomic E-state index is 4.92. The molecule has 0 unspecified atom stereocenters. The highest BCUT2D eigenvalue weighted by Crippen LogP contribution is 2.44. The molecule has 1 aliphatic rings. The average molecular weight is 266 g/mol. The van der Waals surface area contributed by atoms with Gasteiger partial charge in [-0.15, -0.1) is 11.3 Å². The molecule has 1 aromatic heterocycles. The second kappa shape index (κ2) is 5.70. The number of aromatic nitrogens is 1. The summed E-state index contributed by atoms with van der Waals surface area (Å²) in [4.78, 5) is 6.41. The molecule has 0 aromatic carbocycles. The fourth-order valence-corrected chi connectivity index (χ4v) is 3.17. The van der Waals surface area contributed by atoms with Gasteiger partial charge in [0.05, 0.1) is 10.7 Å². The molecule has 1 heterocycles. The zero-order chi connectivity index (χ0) is 13.2. The van der Waals surface area contributed by atoms with Gasteiger partial charge in [-0.3, -0.25) is 0 Å². The van der Waals surface area contributed by atoms with Crippen molar-refractivity contribution in [3.8, 4) is 0 Å². The molecule has 3 heteroatoms. The van der Waals surface area contributed by atoms with Crippen molar-refractivity contribution >= 4 is 11.3 Å². The van der Waals surface area contributed by atoms with Crippen LogP contribution in [0.5, 0.6) is 0 Å². The molecule has 18 heavy (non-hydrogen) atoms.